The van der Waals surface area contributed by atoms with Crippen LogP contribution in [0, 0.1) is 0 Å². The Labute approximate surface area is 105 Å². The van der Waals surface area contributed by atoms with Crippen molar-refractivity contribution in [1.82, 2.24) is 0 Å². The zero-order valence-electron chi connectivity index (χ0n) is 9.81. The van der Waals surface area contributed by atoms with Gasteiger partial charge in [-0.25, -0.2) is 0 Å². The number of ketones is 1. The van der Waals surface area contributed by atoms with Gasteiger partial charge in [-0.15, -0.1) is 11.8 Å². The van der Waals surface area contributed by atoms with Crippen molar-refractivity contribution in [2.75, 3.05) is 6.26 Å². The molecule has 0 atom stereocenters. The van der Waals surface area contributed by atoms with Crippen LogP contribution in [0.3, 0.4) is 0 Å². The van der Waals surface area contributed by atoms with Crippen LogP contribution in [0.15, 0.2) is 29.2 Å². The zero-order chi connectivity index (χ0) is 12.7. The molecule has 0 amide bonds. The number of carboxylic acid groups (broad SMARTS) is 1. The lowest BCUT2D eigenvalue weighted by molar-refractivity contribution is -0.137. The second-order valence-corrected chi connectivity index (χ2v) is 4.63. The average molecular weight is 252 g/mol. The molecule has 1 N–H and O–H groups in total. The average Bonchev–Trinajstić information content (AvgIpc) is 2.34. The highest BCUT2D eigenvalue weighted by atomic mass is 32.2. The lowest BCUT2D eigenvalue weighted by Crippen LogP contribution is -2.00. The van der Waals surface area contributed by atoms with Gasteiger partial charge >= 0.3 is 5.97 Å². The summed E-state index contributed by atoms with van der Waals surface area (Å²) in [5, 5.41) is 8.47. The normalized spacial score (nSPS) is 10.2. The molecule has 0 radical (unpaired) electrons. The quantitative estimate of drug-likeness (QED) is 0.460. The number of carbonyl (C=O) groups excluding carboxylic acids is 1. The summed E-state index contributed by atoms with van der Waals surface area (Å²) in [4.78, 5) is 23.2. The maximum atomic E-state index is 11.7. The predicted molar refractivity (Wildman–Crippen MR) is 68.7 cm³/mol. The molecule has 0 saturated carbocycles. The SMILES string of the molecule is CSc1ccc(C(=O)CCCCC(=O)O)cc1. The third kappa shape index (κ3) is 5.04. The predicted octanol–water partition coefficient (Wildman–Crippen LogP) is 3.24. The fourth-order valence-corrected chi connectivity index (χ4v) is 1.89. The van der Waals surface area contributed by atoms with E-state index in [0.717, 1.165) is 4.90 Å². The van der Waals surface area contributed by atoms with Gasteiger partial charge in [-0.1, -0.05) is 12.1 Å². The van der Waals surface area contributed by atoms with Crippen LogP contribution in [-0.4, -0.2) is 23.1 Å². The molecular formula is C13H16O3S. The molecule has 92 valence electrons. The molecule has 0 saturated heterocycles. The highest BCUT2D eigenvalue weighted by Crippen LogP contribution is 2.16. The highest BCUT2D eigenvalue weighted by Gasteiger charge is 2.06. The van der Waals surface area contributed by atoms with E-state index in [0.29, 0.717) is 24.8 Å². The first-order valence-corrected chi connectivity index (χ1v) is 6.75. The summed E-state index contributed by atoms with van der Waals surface area (Å²) in [6, 6.07) is 7.50. The Morgan fingerprint density at radius 2 is 1.71 bits per heavy atom. The molecule has 0 bridgehead atoms. The van der Waals surface area contributed by atoms with E-state index in [1.165, 1.54) is 0 Å². The smallest absolute Gasteiger partial charge is 0.303 e. The summed E-state index contributed by atoms with van der Waals surface area (Å²) in [7, 11) is 0. The van der Waals surface area contributed by atoms with Gasteiger partial charge in [-0.2, -0.15) is 0 Å². The number of unbranched alkanes of at least 4 members (excludes halogenated alkanes) is 1. The number of Topliss-reactive ketones (excluding diaryl/α,β-unsaturated/α-hetero) is 1. The summed E-state index contributed by atoms with van der Waals surface area (Å²) in [5.74, 6) is -0.718. The maximum Gasteiger partial charge on any atom is 0.303 e. The standard InChI is InChI=1S/C13H16O3S/c1-17-11-8-6-10(7-9-11)12(14)4-2-3-5-13(15)16/h6-9H,2-5H2,1H3,(H,15,16). The first-order valence-electron chi connectivity index (χ1n) is 5.52. The van der Waals surface area contributed by atoms with Gasteiger partial charge in [0.2, 0.25) is 0 Å². The molecule has 0 aromatic heterocycles. The minimum atomic E-state index is -0.804. The molecule has 17 heavy (non-hydrogen) atoms. The molecule has 1 aromatic carbocycles. The number of hydrogen-bond donors (Lipinski definition) is 1. The van der Waals surface area contributed by atoms with E-state index < -0.39 is 5.97 Å². The molecule has 0 heterocycles. The van der Waals surface area contributed by atoms with Crippen molar-refractivity contribution < 1.29 is 14.7 Å². The Kier molecular flexibility index (Phi) is 5.77. The Morgan fingerprint density at radius 1 is 1.12 bits per heavy atom. The van der Waals surface area contributed by atoms with Gasteiger partial charge in [-0.05, 0) is 31.2 Å². The lowest BCUT2D eigenvalue weighted by atomic mass is 10.0. The molecule has 0 unspecified atom stereocenters. The van der Waals surface area contributed by atoms with E-state index in [4.69, 9.17) is 5.11 Å². The fraction of sp³-hybridized carbons (Fsp3) is 0.385. The molecule has 0 fully saturated rings. The van der Waals surface area contributed by atoms with Crippen LogP contribution >= 0.6 is 11.8 Å². The Morgan fingerprint density at radius 3 is 2.24 bits per heavy atom. The van der Waals surface area contributed by atoms with Gasteiger partial charge in [0.15, 0.2) is 5.78 Å². The van der Waals surface area contributed by atoms with Crippen LogP contribution in [-0.2, 0) is 4.79 Å². The summed E-state index contributed by atoms with van der Waals surface area (Å²) < 4.78 is 0. The van der Waals surface area contributed by atoms with Gasteiger partial charge in [-0.3, -0.25) is 9.59 Å². The van der Waals surface area contributed by atoms with Crippen molar-refractivity contribution in [3.05, 3.63) is 29.8 Å². The number of benzene rings is 1. The van der Waals surface area contributed by atoms with Crippen LogP contribution in [0.1, 0.15) is 36.0 Å². The van der Waals surface area contributed by atoms with Crippen molar-refractivity contribution >= 4 is 23.5 Å². The lowest BCUT2D eigenvalue weighted by Gasteiger charge is -2.01. The van der Waals surface area contributed by atoms with E-state index in [1.54, 1.807) is 11.8 Å². The highest BCUT2D eigenvalue weighted by molar-refractivity contribution is 7.98. The number of aliphatic carboxylic acids is 1. The van der Waals surface area contributed by atoms with Crippen molar-refractivity contribution in [2.24, 2.45) is 0 Å². The molecule has 0 aliphatic rings. The van der Waals surface area contributed by atoms with Crippen LogP contribution in [0.4, 0.5) is 0 Å². The van der Waals surface area contributed by atoms with Gasteiger partial charge in [0.25, 0.3) is 0 Å². The van der Waals surface area contributed by atoms with Crippen molar-refractivity contribution in [1.29, 1.82) is 0 Å². The Bertz CT molecular complexity index is 384. The first kappa shape index (κ1) is 13.8. The van der Waals surface area contributed by atoms with Crippen molar-refractivity contribution in [3.63, 3.8) is 0 Å². The Balaban J connectivity index is 2.38. The van der Waals surface area contributed by atoms with Crippen LogP contribution in [0.25, 0.3) is 0 Å². The summed E-state index contributed by atoms with van der Waals surface area (Å²) in [6.07, 6.45) is 3.74. The second kappa shape index (κ2) is 7.12. The summed E-state index contributed by atoms with van der Waals surface area (Å²) in [6.45, 7) is 0. The molecule has 0 aliphatic carbocycles. The van der Waals surface area contributed by atoms with E-state index in [9.17, 15) is 9.59 Å². The van der Waals surface area contributed by atoms with Gasteiger partial charge in [0.1, 0.15) is 0 Å². The minimum absolute atomic E-state index is 0.0861. The second-order valence-electron chi connectivity index (χ2n) is 3.75. The van der Waals surface area contributed by atoms with E-state index in [2.05, 4.69) is 0 Å². The number of carboxylic acids is 1. The summed E-state index contributed by atoms with van der Waals surface area (Å²) >= 11 is 1.64. The monoisotopic (exact) mass is 252 g/mol. The van der Waals surface area contributed by atoms with Crippen LogP contribution in [0.5, 0.6) is 0 Å². The largest absolute Gasteiger partial charge is 0.481 e. The van der Waals surface area contributed by atoms with Gasteiger partial charge < -0.3 is 5.11 Å². The number of rotatable bonds is 7. The van der Waals surface area contributed by atoms with E-state index in [1.807, 2.05) is 30.5 Å². The third-order valence-corrected chi connectivity index (χ3v) is 3.20. The molecular weight excluding hydrogens is 236 g/mol. The van der Waals surface area contributed by atoms with Gasteiger partial charge in [0, 0.05) is 23.3 Å². The van der Waals surface area contributed by atoms with Crippen molar-refractivity contribution in [3.8, 4) is 0 Å². The summed E-state index contributed by atoms with van der Waals surface area (Å²) in [5.41, 5.74) is 0.707. The first-order chi connectivity index (χ1) is 8.13. The number of thioether (sulfide) groups is 1. The molecule has 0 spiro atoms. The molecule has 1 rings (SSSR count). The molecule has 0 aliphatic heterocycles. The number of carbonyl (C=O) groups is 2. The van der Waals surface area contributed by atoms with Crippen LogP contribution < -0.4 is 0 Å². The van der Waals surface area contributed by atoms with Gasteiger partial charge in [0.05, 0.1) is 0 Å². The van der Waals surface area contributed by atoms with E-state index >= 15 is 0 Å². The molecule has 3 nitrogen and oxygen atoms in total. The zero-order valence-corrected chi connectivity index (χ0v) is 10.6. The maximum absolute atomic E-state index is 11.7. The molecule has 4 heteroatoms. The molecule has 1 aromatic rings. The number of hydrogen-bond acceptors (Lipinski definition) is 3. The van der Waals surface area contributed by atoms with Crippen molar-refractivity contribution in [2.45, 2.75) is 30.6 Å². The Hall–Kier alpha value is -1.29. The van der Waals surface area contributed by atoms with E-state index in [-0.39, 0.29) is 12.2 Å². The van der Waals surface area contributed by atoms with Crippen LogP contribution in [0.2, 0.25) is 0 Å². The topological polar surface area (TPSA) is 54.4 Å². The third-order valence-electron chi connectivity index (χ3n) is 2.46. The minimum Gasteiger partial charge on any atom is -0.481 e. The fourth-order valence-electron chi connectivity index (χ4n) is 1.48.